The molecule has 5 aromatic rings. The van der Waals surface area contributed by atoms with Gasteiger partial charge in [-0.25, -0.2) is 0 Å². The summed E-state index contributed by atoms with van der Waals surface area (Å²) in [6, 6.07) is 39.4. The molecule has 60 heavy (non-hydrogen) atoms. The molecule has 5 aromatic carbocycles. The lowest BCUT2D eigenvalue weighted by Gasteiger charge is -2.27. The van der Waals surface area contributed by atoms with E-state index in [0.717, 1.165) is 61.6 Å². The first-order valence-electron chi connectivity index (χ1n) is 21.2. The van der Waals surface area contributed by atoms with Gasteiger partial charge in [0.15, 0.2) is 0 Å². The summed E-state index contributed by atoms with van der Waals surface area (Å²) in [5.74, 6) is 16.5. The molecule has 0 amide bonds. The summed E-state index contributed by atoms with van der Waals surface area (Å²) in [7, 11) is 3.39. The van der Waals surface area contributed by atoms with E-state index in [4.69, 9.17) is 9.47 Å². The molecular weight excluding hydrogens is 729 g/mol. The highest BCUT2D eigenvalue weighted by atomic mass is 16.5. The molecule has 0 heterocycles. The molecular formula is C58H60O2. The lowest BCUT2D eigenvalue weighted by Crippen LogP contribution is -2.17. The highest BCUT2D eigenvalue weighted by Gasteiger charge is 2.40. The van der Waals surface area contributed by atoms with Crippen LogP contribution in [0, 0.1) is 23.7 Å². The third kappa shape index (κ3) is 8.40. The Bertz CT molecular complexity index is 2650. The maximum absolute atomic E-state index is 5.52. The smallest absolute Gasteiger partial charge is 0.118 e. The van der Waals surface area contributed by atoms with Crippen LogP contribution in [0.4, 0.5) is 0 Å². The van der Waals surface area contributed by atoms with Crippen molar-refractivity contribution >= 4 is 22.3 Å². The average molecular weight is 789 g/mol. The lowest BCUT2D eigenvalue weighted by atomic mass is 9.77. The second-order valence-electron chi connectivity index (χ2n) is 20.4. The largest absolute Gasteiger partial charge is 0.497 e. The van der Waals surface area contributed by atoms with Crippen molar-refractivity contribution in [2.24, 2.45) is 0 Å². The minimum Gasteiger partial charge on any atom is -0.497 e. The van der Waals surface area contributed by atoms with Crippen LogP contribution in [-0.2, 0) is 21.7 Å². The highest BCUT2D eigenvalue weighted by molar-refractivity contribution is 6.30. The first kappa shape index (κ1) is 42.2. The molecule has 0 fully saturated rings. The van der Waals surface area contributed by atoms with E-state index in [1.807, 2.05) is 48.5 Å². The van der Waals surface area contributed by atoms with E-state index < -0.39 is 0 Å². The van der Waals surface area contributed by atoms with Gasteiger partial charge in [-0.15, -0.1) is 0 Å². The Morgan fingerprint density at radius 1 is 0.350 bits per heavy atom. The molecule has 304 valence electrons. The molecule has 2 aliphatic rings. The molecule has 0 N–H and O–H groups in total. The van der Waals surface area contributed by atoms with Crippen molar-refractivity contribution < 1.29 is 9.47 Å². The van der Waals surface area contributed by atoms with E-state index in [2.05, 4.69) is 167 Å². The highest BCUT2D eigenvalue weighted by Crippen LogP contribution is 2.58. The molecule has 2 aliphatic carbocycles. The quantitative estimate of drug-likeness (QED) is 0.169. The predicted molar refractivity (Wildman–Crippen MR) is 255 cm³/mol. The Labute approximate surface area is 360 Å². The normalized spacial score (nSPS) is 14.0. The third-order valence-electron chi connectivity index (χ3n) is 11.7. The number of allylic oxidation sites excluding steroid dienone is 6. The van der Waals surface area contributed by atoms with Crippen molar-refractivity contribution in [2.75, 3.05) is 14.2 Å². The van der Waals surface area contributed by atoms with E-state index in [1.54, 1.807) is 14.2 Å². The standard InChI is InChI=1S/C58H60O2/c1-55(2,3)41-31-39(32-42(35-41)56(4,5)6)51-50(30-24-38-21-27-46(60-14)28-22-38)52(40-33-43(57(7,8)9)36-44(34-40)58(10,11)12)54-49(47-17-15-16-18-48(47)53(51)54)29-23-37-19-25-45(59-13)26-20-37/h15-22,25-28,31-36H,1-14H3. The van der Waals surface area contributed by atoms with Crippen molar-refractivity contribution in [3.8, 4) is 35.2 Å². The summed E-state index contributed by atoms with van der Waals surface area (Å²) in [4.78, 5) is 0. The van der Waals surface area contributed by atoms with Gasteiger partial charge in [-0.05, 0) is 115 Å². The van der Waals surface area contributed by atoms with Gasteiger partial charge in [0.25, 0.3) is 0 Å². The fraction of sp³-hybridized carbons (Fsp3) is 0.310. The number of benzene rings is 5. The predicted octanol–water partition coefficient (Wildman–Crippen LogP) is 14.1. The van der Waals surface area contributed by atoms with Gasteiger partial charge in [-0.2, -0.15) is 0 Å². The van der Waals surface area contributed by atoms with Gasteiger partial charge < -0.3 is 9.47 Å². The zero-order valence-corrected chi connectivity index (χ0v) is 38.2. The molecule has 0 unspecified atom stereocenters. The van der Waals surface area contributed by atoms with E-state index >= 15 is 0 Å². The lowest BCUT2D eigenvalue weighted by molar-refractivity contribution is 0.414. The van der Waals surface area contributed by atoms with Crippen molar-refractivity contribution in [2.45, 2.75) is 105 Å². The number of ether oxygens (including phenoxy) is 2. The molecule has 0 radical (unpaired) electrons. The molecule has 2 heteroatoms. The Kier molecular flexibility index (Phi) is 10.9. The van der Waals surface area contributed by atoms with Crippen LogP contribution in [-0.4, -0.2) is 14.2 Å². The number of hydrogen-bond acceptors (Lipinski definition) is 2. The molecule has 2 nitrogen and oxygen atoms in total. The topological polar surface area (TPSA) is 18.5 Å². The Morgan fingerprint density at radius 2 is 0.717 bits per heavy atom. The molecule has 0 aromatic heterocycles. The van der Waals surface area contributed by atoms with Crippen molar-refractivity contribution in [1.82, 2.24) is 0 Å². The summed E-state index contributed by atoms with van der Waals surface area (Å²) in [5, 5.41) is 0. The summed E-state index contributed by atoms with van der Waals surface area (Å²) < 4.78 is 11.0. The fourth-order valence-corrected chi connectivity index (χ4v) is 7.92. The number of rotatable bonds is 4. The van der Waals surface area contributed by atoms with Crippen LogP contribution in [0.5, 0.6) is 11.5 Å². The van der Waals surface area contributed by atoms with Crippen LogP contribution in [0.2, 0.25) is 0 Å². The monoisotopic (exact) mass is 788 g/mol. The number of methoxy groups -OCH3 is 2. The SMILES string of the molecule is COc1ccc(C#CC2=C(c3cc(C(C)(C)C)cc(C(C)(C)C)c3)C3=C(C#Cc4ccc(OC)cc4)c4ccccc4C3=C2c2cc(C(C)(C)C)cc(C(C)(C)C)c2)cc1. The van der Waals surface area contributed by atoms with Gasteiger partial charge in [-0.3, -0.25) is 0 Å². The van der Waals surface area contributed by atoms with Gasteiger partial charge in [0, 0.05) is 44.6 Å². The van der Waals surface area contributed by atoms with E-state index in [-0.39, 0.29) is 21.7 Å². The zero-order valence-electron chi connectivity index (χ0n) is 38.2. The minimum atomic E-state index is -0.0874. The molecule has 0 aliphatic heterocycles. The van der Waals surface area contributed by atoms with Crippen LogP contribution in [0.3, 0.4) is 0 Å². The molecule has 0 saturated heterocycles. The molecule has 0 spiro atoms. The van der Waals surface area contributed by atoms with E-state index in [9.17, 15) is 0 Å². The van der Waals surface area contributed by atoms with E-state index in [0.29, 0.717) is 0 Å². The third-order valence-corrected chi connectivity index (χ3v) is 11.7. The maximum atomic E-state index is 5.52. The summed E-state index contributed by atoms with van der Waals surface area (Å²) in [5.41, 5.74) is 18.1. The Hall–Kier alpha value is -5.96. The summed E-state index contributed by atoms with van der Waals surface area (Å²) >= 11 is 0. The van der Waals surface area contributed by atoms with Crippen LogP contribution in [0.1, 0.15) is 139 Å². The second kappa shape index (κ2) is 15.6. The van der Waals surface area contributed by atoms with Gasteiger partial charge in [0.05, 0.1) is 14.2 Å². The molecule has 0 atom stereocenters. The summed E-state index contributed by atoms with van der Waals surface area (Å²) in [6.07, 6.45) is 0. The molecule has 0 saturated carbocycles. The van der Waals surface area contributed by atoms with Crippen LogP contribution in [0.25, 0.3) is 22.3 Å². The second-order valence-corrected chi connectivity index (χ2v) is 20.4. The fourth-order valence-electron chi connectivity index (χ4n) is 7.92. The number of hydrogen-bond donors (Lipinski definition) is 0. The molecule has 7 rings (SSSR count). The first-order valence-corrected chi connectivity index (χ1v) is 21.2. The van der Waals surface area contributed by atoms with Crippen LogP contribution in [0.15, 0.2) is 120 Å². The zero-order chi connectivity index (χ0) is 43.4. The first-order chi connectivity index (χ1) is 28.2. The molecule has 0 bridgehead atoms. The van der Waals surface area contributed by atoms with Crippen molar-refractivity contribution in [3.05, 3.63) is 176 Å². The summed E-state index contributed by atoms with van der Waals surface area (Å²) in [6.45, 7) is 27.7. The Morgan fingerprint density at radius 3 is 1.10 bits per heavy atom. The maximum Gasteiger partial charge on any atom is 0.118 e. The van der Waals surface area contributed by atoms with Crippen molar-refractivity contribution in [1.29, 1.82) is 0 Å². The van der Waals surface area contributed by atoms with Crippen molar-refractivity contribution in [3.63, 3.8) is 0 Å². The van der Waals surface area contributed by atoms with E-state index in [1.165, 1.54) is 39.0 Å². The van der Waals surface area contributed by atoms with Gasteiger partial charge in [-0.1, -0.05) is 167 Å². The van der Waals surface area contributed by atoms with Gasteiger partial charge >= 0.3 is 0 Å². The Balaban J connectivity index is 1.68. The minimum absolute atomic E-state index is 0.0781. The van der Waals surface area contributed by atoms with Gasteiger partial charge in [0.1, 0.15) is 11.5 Å². The van der Waals surface area contributed by atoms with Crippen LogP contribution < -0.4 is 9.47 Å². The average Bonchev–Trinajstić information content (AvgIpc) is 3.69. The number of fused-ring (bicyclic) bond motifs is 3. The van der Waals surface area contributed by atoms with Gasteiger partial charge in [0.2, 0.25) is 0 Å². The van der Waals surface area contributed by atoms with Crippen LogP contribution >= 0.6 is 0 Å².